The molecule has 0 aliphatic rings. The molecule has 0 fully saturated rings. The van der Waals surface area contributed by atoms with Gasteiger partial charge in [-0.05, 0) is 23.8 Å². The Hall–Kier alpha value is -3.94. The van der Waals surface area contributed by atoms with Crippen LogP contribution in [0.2, 0.25) is 0 Å². The highest BCUT2D eigenvalue weighted by Crippen LogP contribution is 2.29. The minimum atomic E-state index is 0.0311. The maximum absolute atomic E-state index is 11.4. The number of hydrogen-bond acceptors (Lipinski definition) is 6. The fourth-order valence-corrected chi connectivity index (χ4v) is 3.18. The highest BCUT2D eigenvalue weighted by atomic mass is 16.5. The Kier molecular flexibility index (Phi) is 5.79. The fourth-order valence-electron chi connectivity index (χ4n) is 3.18. The van der Waals surface area contributed by atoms with Gasteiger partial charge in [0.15, 0.2) is 5.82 Å². The molecule has 0 radical (unpaired) electrons. The number of aromatic amines is 1. The smallest absolute Gasteiger partial charge is 0.239 e. The summed E-state index contributed by atoms with van der Waals surface area (Å²) in [4.78, 5) is 31.2. The molecule has 4 rings (SSSR count). The number of nitrogens with zero attached hydrogens (tertiary/aromatic N) is 5. The second kappa shape index (κ2) is 8.83. The quantitative estimate of drug-likeness (QED) is 0.494. The Morgan fingerprint density at radius 1 is 1.00 bits per heavy atom. The standard InChI is InChI=1S/C23H24N6O2/c1-16(30)28(2)10-11-29(3)22-14-25-15-23(27-22)31-18-6-4-17(5-7-18)20-12-24-13-21-19(20)8-9-26-21/h4-9,12-15,26H,10-11H2,1-3H3. The highest BCUT2D eigenvalue weighted by Gasteiger charge is 2.10. The molecule has 0 aliphatic carbocycles. The van der Waals surface area contributed by atoms with E-state index in [1.54, 1.807) is 31.3 Å². The minimum absolute atomic E-state index is 0.0311. The summed E-state index contributed by atoms with van der Waals surface area (Å²) < 4.78 is 5.91. The number of amides is 1. The van der Waals surface area contributed by atoms with E-state index in [9.17, 15) is 4.79 Å². The molecule has 4 aromatic rings. The van der Waals surface area contributed by atoms with E-state index in [1.807, 2.05) is 60.9 Å². The number of carbonyl (C=O) groups excluding carboxylic acids is 1. The van der Waals surface area contributed by atoms with Gasteiger partial charge in [0.1, 0.15) is 5.75 Å². The number of benzene rings is 1. The topological polar surface area (TPSA) is 87.2 Å². The Morgan fingerprint density at radius 3 is 2.55 bits per heavy atom. The zero-order valence-electron chi connectivity index (χ0n) is 17.7. The average molecular weight is 416 g/mol. The van der Waals surface area contributed by atoms with Gasteiger partial charge in [0.25, 0.3) is 0 Å². The van der Waals surface area contributed by atoms with E-state index in [2.05, 4.69) is 19.9 Å². The van der Waals surface area contributed by atoms with E-state index >= 15 is 0 Å². The van der Waals surface area contributed by atoms with E-state index in [4.69, 9.17) is 4.74 Å². The van der Waals surface area contributed by atoms with Crippen LogP contribution >= 0.6 is 0 Å². The number of rotatable bonds is 7. The van der Waals surface area contributed by atoms with Crippen LogP contribution < -0.4 is 9.64 Å². The van der Waals surface area contributed by atoms with E-state index in [0.717, 1.165) is 22.0 Å². The van der Waals surface area contributed by atoms with Gasteiger partial charge >= 0.3 is 0 Å². The number of H-pyrrole nitrogens is 1. The van der Waals surface area contributed by atoms with Crippen molar-refractivity contribution < 1.29 is 9.53 Å². The van der Waals surface area contributed by atoms with Gasteiger partial charge in [0.05, 0.1) is 24.1 Å². The van der Waals surface area contributed by atoms with Crippen LogP contribution in [0.4, 0.5) is 5.82 Å². The van der Waals surface area contributed by atoms with Crippen molar-refractivity contribution >= 4 is 22.6 Å². The van der Waals surface area contributed by atoms with Crippen molar-refractivity contribution in [2.45, 2.75) is 6.92 Å². The second-order valence-electron chi connectivity index (χ2n) is 7.33. The first-order valence-electron chi connectivity index (χ1n) is 9.95. The lowest BCUT2D eigenvalue weighted by Gasteiger charge is -2.22. The SMILES string of the molecule is CC(=O)N(C)CCN(C)c1cncc(Oc2ccc(-c3cncc4[nH]ccc34)cc2)n1. The van der Waals surface area contributed by atoms with E-state index in [-0.39, 0.29) is 5.91 Å². The van der Waals surface area contributed by atoms with Crippen molar-refractivity contribution in [3.05, 3.63) is 61.3 Å². The summed E-state index contributed by atoms with van der Waals surface area (Å²) in [6, 6.07) is 9.85. The molecule has 1 amide bonds. The molecule has 1 aromatic carbocycles. The maximum atomic E-state index is 11.4. The molecule has 8 nitrogen and oxygen atoms in total. The first-order valence-corrected chi connectivity index (χ1v) is 9.95. The molecule has 0 atom stereocenters. The molecule has 31 heavy (non-hydrogen) atoms. The zero-order chi connectivity index (χ0) is 21.8. The molecule has 0 unspecified atom stereocenters. The van der Waals surface area contributed by atoms with Gasteiger partial charge in [-0.15, -0.1) is 0 Å². The largest absolute Gasteiger partial charge is 0.437 e. The van der Waals surface area contributed by atoms with Gasteiger partial charge in [-0.2, -0.15) is 4.98 Å². The minimum Gasteiger partial charge on any atom is -0.437 e. The number of likely N-dealkylation sites (N-methyl/N-ethyl adjacent to an activating group) is 2. The maximum Gasteiger partial charge on any atom is 0.239 e. The number of pyridine rings is 1. The summed E-state index contributed by atoms with van der Waals surface area (Å²) in [7, 11) is 3.68. The molecule has 8 heteroatoms. The predicted octanol–water partition coefficient (Wildman–Crippen LogP) is 3.73. The van der Waals surface area contributed by atoms with Gasteiger partial charge < -0.3 is 19.5 Å². The molecular formula is C23H24N6O2. The summed E-state index contributed by atoms with van der Waals surface area (Å²) >= 11 is 0. The molecule has 0 bridgehead atoms. The monoisotopic (exact) mass is 416 g/mol. The van der Waals surface area contributed by atoms with Gasteiger partial charge in [-0.3, -0.25) is 14.8 Å². The van der Waals surface area contributed by atoms with Crippen molar-refractivity contribution in [1.82, 2.24) is 24.8 Å². The summed E-state index contributed by atoms with van der Waals surface area (Å²) in [5.41, 5.74) is 3.12. The normalized spacial score (nSPS) is 10.8. The van der Waals surface area contributed by atoms with Crippen LogP contribution in [0.15, 0.2) is 61.3 Å². The molecule has 0 spiro atoms. The van der Waals surface area contributed by atoms with E-state index in [1.165, 1.54) is 0 Å². The van der Waals surface area contributed by atoms with Gasteiger partial charge in [-0.1, -0.05) is 12.1 Å². The van der Waals surface area contributed by atoms with E-state index < -0.39 is 0 Å². The van der Waals surface area contributed by atoms with Crippen molar-refractivity contribution in [1.29, 1.82) is 0 Å². The number of carbonyl (C=O) groups is 1. The molecule has 0 saturated heterocycles. The van der Waals surface area contributed by atoms with Crippen LogP contribution in [0.5, 0.6) is 11.6 Å². The Labute approximate surface area is 180 Å². The lowest BCUT2D eigenvalue weighted by molar-refractivity contribution is -0.127. The molecule has 0 aliphatic heterocycles. The third-order valence-corrected chi connectivity index (χ3v) is 5.16. The fraction of sp³-hybridized carbons (Fsp3) is 0.217. The second-order valence-corrected chi connectivity index (χ2v) is 7.33. The predicted molar refractivity (Wildman–Crippen MR) is 120 cm³/mol. The first kappa shape index (κ1) is 20.3. The summed E-state index contributed by atoms with van der Waals surface area (Å²) in [6.07, 6.45) is 8.84. The van der Waals surface area contributed by atoms with Crippen molar-refractivity contribution in [3.8, 4) is 22.8 Å². The number of ether oxygens (including phenoxy) is 1. The van der Waals surface area contributed by atoms with Crippen LogP contribution in [-0.2, 0) is 4.79 Å². The molecule has 0 saturated carbocycles. The molecular weight excluding hydrogens is 392 g/mol. The third-order valence-electron chi connectivity index (χ3n) is 5.16. The Balaban J connectivity index is 1.45. The Bertz CT molecular complexity index is 1190. The summed E-state index contributed by atoms with van der Waals surface area (Å²) in [6.45, 7) is 2.79. The zero-order valence-corrected chi connectivity index (χ0v) is 17.7. The van der Waals surface area contributed by atoms with Crippen molar-refractivity contribution in [2.75, 3.05) is 32.1 Å². The number of anilines is 1. The van der Waals surface area contributed by atoms with Crippen LogP contribution in [-0.4, -0.2) is 57.9 Å². The number of aromatic nitrogens is 4. The average Bonchev–Trinajstić information content (AvgIpc) is 3.27. The summed E-state index contributed by atoms with van der Waals surface area (Å²) in [5, 5.41) is 1.13. The van der Waals surface area contributed by atoms with Crippen LogP contribution in [0.1, 0.15) is 6.92 Å². The van der Waals surface area contributed by atoms with Gasteiger partial charge in [0.2, 0.25) is 11.8 Å². The van der Waals surface area contributed by atoms with Crippen LogP contribution in [0.25, 0.3) is 22.0 Å². The first-order chi connectivity index (χ1) is 15.0. The number of nitrogens with one attached hydrogen (secondary N) is 1. The number of hydrogen-bond donors (Lipinski definition) is 1. The number of fused-ring (bicyclic) bond motifs is 1. The summed E-state index contributed by atoms with van der Waals surface area (Å²) in [5.74, 6) is 1.79. The molecule has 3 heterocycles. The Morgan fingerprint density at radius 2 is 1.77 bits per heavy atom. The van der Waals surface area contributed by atoms with Crippen molar-refractivity contribution in [3.63, 3.8) is 0 Å². The van der Waals surface area contributed by atoms with E-state index in [0.29, 0.717) is 30.5 Å². The van der Waals surface area contributed by atoms with Crippen molar-refractivity contribution in [2.24, 2.45) is 0 Å². The molecule has 1 N–H and O–H groups in total. The molecule has 158 valence electrons. The third kappa shape index (κ3) is 4.63. The highest BCUT2D eigenvalue weighted by molar-refractivity contribution is 5.94. The molecule has 3 aromatic heterocycles. The lowest BCUT2D eigenvalue weighted by Crippen LogP contribution is -2.33. The van der Waals surface area contributed by atoms with Gasteiger partial charge in [0, 0.05) is 57.5 Å². The lowest BCUT2D eigenvalue weighted by atomic mass is 10.0. The van der Waals surface area contributed by atoms with Crippen LogP contribution in [0, 0.1) is 0 Å². The van der Waals surface area contributed by atoms with Gasteiger partial charge in [-0.25, -0.2) is 0 Å². The van der Waals surface area contributed by atoms with Crippen LogP contribution in [0.3, 0.4) is 0 Å².